The van der Waals surface area contributed by atoms with E-state index in [1.54, 1.807) is 0 Å². The Morgan fingerprint density at radius 3 is 1.96 bits per heavy atom. The fraction of sp³-hybridized carbons (Fsp3) is 0.562. The summed E-state index contributed by atoms with van der Waals surface area (Å²) in [6.45, 7) is 8.44. The Morgan fingerprint density at radius 2 is 1.58 bits per heavy atom. The molecule has 1 amide bonds. The van der Waals surface area contributed by atoms with Gasteiger partial charge >= 0.3 is 5.97 Å². The molecule has 0 spiro atoms. The van der Waals surface area contributed by atoms with Crippen LogP contribution in [0.2, 0.25) is 0 Å². The molecule has 2 N–H and O–H groups in total. The highest BCUT2D eigenvalue weighted by molar-refractivity contribution is 5.81. The average Bonchev–Trinajstić information content (AvgIpc) is 2.41. The van der Waals surface area contributed by atoms with Crippen LogP contribution in [0, 0.1) is 31.0 Å². The van der Waals surface area contributed by atoms with Gasteiger partial charge in [0.25, 0.3) is 0 Å². The first-order valence-corrected chi connectivity index (χ1v) is 9.14. The molecule has 9 nitrogen and oxygen atoms in total. The summed E-state index contributed by atoms with van der Waals surface area (Å²) in [4.78, 5) is 22.0. The van der Waals surface area contributed by atoms with Crippen molar-refractivity contribution in [1.82, 2.24) is 5.32 Å². The predicted octanol–water partition coefficient (Wildman–Crippen LogP) is -3.10. The Kier molecular flexibility index (Phi) is 10.3. The number of hydrogen-bond acceptors (Lipinski definition) is 6. The van der Waals surface area contributed by atoms with E-state index in [9.17, 15) is 9.59 Å². The summed E-state index contributed by atoms with van der Waals surface area (Å²) in [5.74, 6) is -1.28. The van der Waals surface area contributed by atoms with Gasteiger partial charge in [0, 0.05) is 39.3 Å². The first-order valence-electron chi connectivity index (χ1n) is 7.90. The van der Waals surface area contributed by atoms with Gasteiger partial charge in [0.1, 0.15) is 12.6 Å². The Morgan fingerprint density at radius 1 is 1.12 bits per heavy atom. The number of halogens is 1. The normalized spacial score (nSPS) is 12.0. The number of aliphatic carboxylic acids is 1. The molecule has 0 aliphatic carbocycles. The minimum Gasteiger partial charge on any atom is -0.480 e. The molecule has 0 aliphatic rings. The molecular formula is C16H25ClN2O7. The number of carbonyl (C=O) groups is 2. The van der Waals surface area contributed by atoms with Gasteiger partial charge in [-0.2, -0.15) is 0 Å². The molecule has 0 fully saturated rings. The van der Waals surface area contributed by atoms with Crippen LogP contribution in [0.15, 0.2) is 12.1 Å². The molecule has 1 aromatic rings. The van der Waals surface area contributed by atoms with Gasteiger partial charge in [-0.3, -0.25) is 4.79 Å². The van der Waals surface area contributed by atoms with Crippen LogP contribution >= 0.6 is 0 Å². The topological polar surface area (TPSA) is 163 Å². The van der Waals surface area contributed by atoms with Crippen LogP contribution in [0.1, 0.15) is 43.1 Å². The summed E-state index contributed by atoms with van der Waals surface area (Å²) < 4.78 is 36.2. The van der Waals surface area contributed by atoms with E-state index in [1.807, 2.05) is 0 Å². The fourth-order valence-corrected chi connectivity index (χ4v) is 2.61. The molecule has 0 aliphatic heterocycles. The Hall–Kier alpha value is -1.78. The highest BCUT2D eigenvalue weighted by Gasteiger charge is 2.18. The number of carboxylic acid groups (broad SMARTS) is 1. The Bertz CT molecular complexity index is 588. The van der Waals surface area contributed by atoms with Crippen LogP contribution in [0.4, 0.5) is 0 Å². The predicted molar refractivity (Wildman–Crippen MR) is 79.9 cm³/mol. The zero-order chi connectivity index (χ0) is 20.5. The number of hydrogen-bond donors (Lipinski definition) is 2. The molecule has 1 rings (SSSR count). The van der Waals surface area contributed by atoms with Crippen molar-refractivity contribution in [2.45, 2.75) is 59.5 Å². The number of carbonyl (C=O) groups excluding carboxylic acids is 1. The van der Waals surface area contributed by atoms with Crippen molar-refractivity contribution >= 4 is 11.9 Å². The molecule has 1 atom stereocenters. The number of rotatable bonds is 7. The van der Waals surface area contributed by atoms with Crippen molar-refractivity contribution in [2.75, 3.05) is 0 Å². The van der Waals surface area contributed by atoms with Crippen molar-refractivity contribution < 1.29 is 48.1 Å². The Balaban J connectivity index is 0.00000110. The molecular weight excluding hydrogens is 368 g/mol. The molecule has 1 aromatic heterocycles. The lowest BCUT2D eigenvalue weighted by Gasteiger charge is -2.17. The summed E-state index contributed by atoms with van der Waals surface area (Å²) in [5.41, 5.74) is 3.67. The van der Waals surface area contributed by atoms with Crippen LogP contribution in [0.25, 0.3) is 0 Å². The highest BCUT2D eigenvalue weighted by Crippen LogP contribution is 2.05. The third-order valence-electron chi connectivity index (χ3n) is 3.52. The number of carboxylic acids is 1. The molecule has 1 heterocycles. The zero-order valence-electron chi connectivity index (χ0n) is 15.3. The highest BCUT2D eigenvalue weighted by atomic mass is 35.7. The van der Waals surface area contributed by atoms with Crippen molar-refractivity contribution in [1.29, 1.82) is 0 Å². The second-order valence-electron chi connectivity index (χ2n) is 5.93. The Labute approximate surface area is 154 Å². The lowest BCUT2D eigenvalue weighted by Crippen LogP contribution is -2.68. The third-order valence-corrected chi connectivity index (χ3v) is 3.52. The summed E-state index contributed by atoms with van der Waals surface area (Å²) in [5, 5.41) is 11.5. The molecule has 26 heavy (non-hydrogen) atoms. The second kappa shape index (κ2) is 11.0. The monoisotopic (exact) mass is 392 g/mol. The van der Waals surface area contributed by atoms with Gasteiger partial charge in [0.2, 0.25) is 5.91 Å². The van der Waals surface area contributed by atoms with Crippen LogP contribution in [-0.4, -0.2) is 23.0 Å². The van der Waals surface area contributed by atoms with Gasteiger partial charge in [0.05, 0.1) is 0 Å². The van der Waals surface area contributed by atoms with Gasteiger partial charge < -0.3 is 10.4 Å². The maximum Gasteiger partial charge on any atom is 0.326 e. The molecule has 0 saturated heterocycles. The maximum atomic E-state index is 11.0. The van der Waals surface area contributed by atoms with E-state index in [-0.39, 0.29) is 5.91 Å². The summed E-state index contributed by atoms with van der Waals surface area (Å²) in [6.07, 6.45) is 2.11. The molecule has 0 radical (unpaired) electrons. The van der Waals surface area contributed by atoms with E-state index in [2.05, 4.69) is 42.8 Å². The van der Waals surface area contributed by atoms with E-state index in [0.717, 1.165) is 19.4 Å². The van der Waals surface area contributed by atoms with E-state index >= 15 is 0 Å². The molecule has 0 bridgehead atoms. The van der Waals surface area contributed by atoms with Crippen molar-refractivity contribution in [3.8, 4) is 0 Å². The van der Waals surface area contributed by atoms with E-state index in [4.69, 9.17) is 23.7 Å². The number of amides is 1. The lowest BCUT2D eigenvalue weighted by molar-refractivity contribution is -2.00. The summed E-state index contributed by atoms with van der Waals surface area (Å²) >= 11 is 0. The zero-order valence-corrected chi connectivity index (χ0v) is 16.0. The first-order chi connectivity index (χ1) is 11.8. The minimum absolute atomic E-state index is 0.304. The van der Waals surface area contributed by atoms with Gasteiger partial charge in [-0.05, 0) is 25.3 Å². The van der Waals surface area contributed by atoms with Crippen LogP contribution < -0.4 is 28.5 Å². The number of nitrogens with one attached hydrogen (secondary N) is 1. The van der Waals surface area contributed by atoms with Crippen LogP contribution in [0.5, 0.6) is 0 Å². The van der Waals surface area contributed by atoms with Crippen molar-refractivity contribution in [2.24, 2.45) is 0 Å². The van der Waals surface area contributed by atoms with E-state index in [0.29, 0.717) is 6.42 Å². The van der Waals surface area contributed by atoms with Gasteiger partial charge in [-0.25, -0.2) is 28.0 Å². The minimum atomic E-state index is -4.94. The number of aryl methyl sites for hydroxylation is 3. The second-order valence-corrected chi connectivity index (χ2v) is 6.69. The molecule has 10 heteroatoms. The van der Waals surface area contributed by atoms with Crippen LogP contribution in [0.3, 0.4) is 0 Å². The van der Waals surface area contributed by atoms with Gasteiger partial charge in [0.15, 0.2) is 11.4 Å². The number of nitrogens with zero attached hydrogens (tertiary/aromatic N) is 1. The quantitative estimate of drug-likeness (QED) is 0.366. The number of unbranched alkanes of at least 4 members (excludes halogenated alkanes) is 1. The van der Waals surface area contributed by atoms with Gasteiger partial charge in [-0.15, -0.1) is 10.2 Å². The first kappa shape index (κ1) is 24.2. The summed E-state index contributed by atoms with van der Waals surface area (Å²) in [7, 11) is -4.94. The van der Waals surface area contributed by atoms with E-state index < -0.39 is 22.3 Å². The number of pyridine rings is 1. The number of aromatic nitrogens is 1. The molecule has 1 unspecified atom stereocenters. The smallest absolute Gasteiger partial charge is 0.326 e. The molecule has 148 valence electrons. The van der Waals surface area contributed by atoms with Crippen molar-refractivity contribution in [3.05, 3.63) is 29.1 Å². The fourth-order valence-electron chi connectivity index (χ4n) is 2.61. The maximum absolute atomic E-state index is 11.0. The van der Waals surface area contributed by atoms with Crippen LogP contribution in [-0.2, 0) is 16.1 Å². The largest absolute Gasteiger partial charge is 0.480 e. The van der Waals surface area contributed by atoms with Crippen molar-refractivity contribution in [3.63, 3.8) is 0 Å². The van der Waals surface area contributed by atoms with Gasteiger partial charge in [-0.1, -0.05) is 0 Å². The lowest BCUT2D eigenvalue weighted by atomic mass is 10.1. The molecule has 0 saturated carbocycles. The van der Waals surface area contributed by atoms with E-state index in [1.165, 1.54) is 23.9 Å². The molecule has 0 aromatic carbocycles. The summed E-state index contributed by atoms with van der Waals surface area (Å²) in [6, 6.07) is 3.50. The standard InChI is InChI=1S/C16H24N2O3.ClHO4/c1-11-9-12(2)18(13(3)10-11)8-6-5-7-15(16(20)21)17-14(4)19;2-1(3,4)5/h9-10,15H,5-8H2,1-4H3,(H-,17,19,20,21);(H,2,3,4,5). The SMILES string of the molecule is CC(=O)NC(CCCC[n+]1c(C)cc(C)cc1C)C(=O)O.[O-][Cl+3]([O-])([O-])[O-]. The average molecular weight is 393 g/mol. The third kappa shape index (κ3) is 11.7.